The summed E-state index contributed by atoms with van der Waals surface area (Å²) in [6.45, 7) is 2.16. The van der Waals surface area contributed by atoms with Crippen LogP contribution in [0.3, 0.4) is 0 Å². The lowest BCUT2D eigenvalue weighted by Gasteiger charge is -2.12. The second-order valence-electron chi connectivity index (χ2n) is 4.07. The molecule has 0 saturated carbocycles. The molecule has 1 aromatic rings. The number of carbonyl (C=O) groups is 1. The lowest BCUT2D eigenvalue weighted by atomic mass is 10.1. The molecule has 0 spiro atoms. The zero-order chi connectivity index (χ0) is 13.0. The average molecular weight is 251 g/mol. The van der Waals surface area contributed by atoms with Gasteiger partial charge < -0.3 is 19.5 Å². The Kier molecular flexibility index (Phi) is 4.17. The highest BCUT2D eigenvalue weighted by atomic mass is 16.6. The van der Waals surface area contributed by atoms with Gasteiger partial charge in [-0.25, -0.2) is 0 Å². The van der Waals surface area contributed by atoms with Crippen LogP contribution in [0.2, 0.25) is 0 Å². The van der Waals surface area contributed by atoms with Crippen molar-refractivity contribution >= 4 is 12.1 Å². The molecule has 5 nitrogen and oxygen atoms in total. The maximum absolute atomic E-state index is 10.8. The summed E-state index contributed by atoms with van der Waals surface area (Å²) in [5.74, 6) is 0.886. The fraction of sp³-hybridized carbons (Fsp3) is 0.462. The molecule has 0 aromatic heterocycles. The number of benzene rings is 1. The van der Waals surface area contributed by atoms with E-state index < -0.39 is 0 Å². The third-order valence-corrected chi connectivity index (χ3v) is 2.97. The molecule has 98 valence electrons. The van der Waals surface area contributed by atoms with Crippen LogP contribution in [0.25, 0.3) is 0 Å². The van der Waals surface area contributed by atoms with Gasteiger partial charge in [0.05, 0.1) is 12.3 Å². The topological polar surface area (TPSA) is 62.3 Å². The summed E-state index contributed by atoms with van der Waals surface area (Å²) < 4.78 is 10.8. The number of hydrogen-bond acceptors (Lipinski definition) is 4. The van der Waals surface area contributed by atoms with Crippen molar-refractivity contribution in [2.24, 2.45) is 0 Å². The van der Waals surface area contributed by atoms with Crippen molar-refractivity contribution in [3.63, 3.8) is 0 Å². The van der Waals surface area contributed by atoms with Gasteiger partial charge in [0.2, 0.25) is 6.41 Å². The summed E-state index contributed by atoms with van der Waals surface area (Å²) in [6, 6.07) is 5.83. The number of amides is 1. The van der Waals surface area contributed by atoms with E-state index in [4.69, 9.17) is 14.6 Å². The Bertz CT molecular complexity index is 417. The Balaban J connectivity index is 0.000000574. The van der Waals surface area contributed by atoms with E-state index in [1.54, 1.807) is 4.90 Å². The number of fused-ring (bicyclic) bond motifs is 1. The van der Waals surface area contributed by atoms with Crippen LogP contribution < -0.4 is 9.64 Å². The molecule has 0 bridgehead atoms. The van der Waals surface area contributed by atoms with E-state index in [1.807, 2.05) is 18.2 Å². The van der Waals surface area contributed by atoms with E-state index in [-0.39, 0.29) is 6.10 Å². The number of epoxide rings is 1. The van der Waals surface area contributed by atoms with Crippen LogP contribution in [0.5, 0.6) is 5.75 Å². The maximum Gasteiger partial charge on any atom is 0.214 e. The summed E-state index contributed by atoms with van der Waals surface area (Å²) in [5.41, 5.74) is 2.11. The smallest absolute Gasteiger partial charge is 0.214 e. The number of carbonyl (C=O) groups excluding carboxylic acids is 1. The second kappa shape index (κ2) is 5.84. The fourth-order valence-electron chi connectivity index (χ4n) is 2.02. The van der Waals surface area contributed by atoms with E-state index in [9.17, 15) is 4.79 Å². The summed E-state index contributed by atoms with van der Waals surface area (Å²) in [5, 5.41) is 7.00. The minimum Gasteiger partial charge on any atom is -0.490 e. The molecule has 18 heavy (non-hydrogen) atoms. The van der Waals surface area contributed by atoms with Crippen LogP contribution in [-0.2, 0) is 16.0 Å². The van der Waals surface area contributed by atoms with Gasteiger partial charge in [-0.15, -0.1) is 0 Å². The first-order chi connectivity index (χ1) is 8.88. The molecule has 0 radical (unpaired) electrons. The maximum atomic E-state index is 10.8. The Morgan fingerprint density at radius 3 is 3.00 bits per heavy atom. The van der Waals surface area contributed by atoms with Gasteiger partial charge in [0.1, 0.15) is 18.5 Å². The molecule has 1 amide bonds. The van der Waals surface area contributed by atoms with Gasteiger partial charge in [0.15, 0.2) is 0 Å². The molecule has 1 fully saturated rings. The van der Waals surface area contributed by atoms with Gasteiger partial charge in [-0.1, -0.05) is 6.07 Å². The van der Waals surface area contributed by atoms with Crippen molar-refractivity contribution < 1.29 is 19.4 Å². The van der Waals surface area contributed by atoms with Crippen LogP contribution in [0.1, 0.15) is 5.56 Å². The van der Waals surface area contributed by atoms with Crippen LogP contribution in [0.4, 0.5) is 5.69 Å². The minimum absolute atomic E-state index is 0.263. The molecular formula is C13H17NO4. The van der Waals surface area contributed by atoms with Crippen molar-refractivity contribution in [1.29, 1.82) is 0 Å². The van der Waals surface area contributed by atoms with Gasteiger partial charge in [-0.2, -0.15) is 0 Å². The number of aliphatic hydroxyl groups excluding tert-OH is 1. The molecule has 1 N–H and O–H groups in total. The van der Waals surface area contributed by atoms with Gasteiger partial charge in [0.25, 0.3) is 0 Å². The van der Waals surface area contributed by atoms with Gasteiger partial charge in [-0.05, 0) is 18.6 Å². The highest BCUT2D eigenvalue weighted by Gasteiger charge is 2.25. The predicted octanol–water partition coefficient (Wildman–Crippen LogP) is 0.592. The minimum atomic E-state index is 0.263. The van der Waals surface area contributed by atoms with Crippen molar-refractivity contribution in [1.82, 2.24) is 0 Å². The first kappa shape index (κ1) is 12.9. The molecule has 2 aliphatic rings. The molecule has 0 aliphatic carbocycles. The molecule has 1 unspecified atom stereocenters. The number of ether oxygens (including phenoxy) is 2. The SMILES string of the molecule is CO.O=CN1CCc2c(OCC3CO3)cccc21. The second-order valence-corrected chi connectivity index (χ2v) is 4.07. The number of hydrogen-bond donors (Lipinski definition) is 1. The Morgan fingerprint density at radius 2 is 2.33 bits per heavy atom. The van der Waals surface area contributed by atoms with Crippen molar-refractivity contribution in [3.05, 3.63) is 23.8 Å². The zero-order valence-corrected chi connectivity index (χ0v) is 10.3. The van der Waals surface area contributed by atoms with E-state index in [0.717, 1.165) is 50.1 Å². The van der Waals surface area contributed by atoms with Gasteiger partial charge in [0, 0.05) is 19.2 Å². The van der Waals surface area contributed by atoms with E-state index in [2.05, 4.69) is 0 Å². The standard InChI is InChI=1S/C12H13NO3.CH4O/c14-8-13-5-4-10-11(13)2-1-3-12(10)16-7-9-6-15-9;1-2/h1-3,8-9H,4-7H2;2H,1H3. The first-order valence-corrected chi connectivity index (χ1v) is 5.91. The largest absolute Gasteiger partial charge is 0.490 e. The third-order valence-electron chi connectivity index (χ3n) is 2.97. The Morgan fingerprint density at radius 1 is 1.56 bits per heavy atom. The van der Waals surface area contributed by atoms with Crippen molar-refractivity contribution in [2.45, 2.75) is 12.5 Å². The number of anilines is 1. The summed E-state index contributed by atoms with van der Waals surface area (Å²) in [6.07, 6.45) is 2.01. The average Bonchev–Trinajstić information content (AvgIpc) is 3.16. The van der Waals surface area contributed by atoms with Gasteiger partial charge in [-0.3, -0.25) is 4.79 Å². The highest BCUT2D eigenvalue weighted by molar-refractivity contribution is 5.81. The van der Waals surface area contributed by atoms with Crippen molar-refractivity contribution in [3.8, 4) is 5.75 Å². The normalized spacial score (nSPS) is 19.7. The number of nitrogens with zero attached hydrogens (tertiary/aromatic N) is 1. The Hall–Kier alpha value is -1.59. The van der Waals surface area contributed by atoms with Crippen LogP contribution in [0.15, 0.2) is 18.2 Å². The molecular weight excluding hydrogens is 234 g/mol. The summed E-state index contributed by atoms with van der Waals surface area (Å²) in [7, 11) is 1.00. The Labute approximate surface area is 106 Å². The predicted molar refractivity (Wildman–Crippen MR) is 66.9 cm³/mol. The quantitative estimate of drug-likeness (QED) is 0.628. The molecule has 2 heterocycles. The first-order valence-electron chi connectivity index (χ1n) is 5.91. The molecule has 2 aliphatic heterocycles. The molecule has 3 rings (SSSR count). The summed E-state index contributed by atoms with van der Waals surface area (Å²) in [4.78, 5) is 12.5. The molecule has 1 atom stereocenters. The van der Waals surface area contributed by atoms with E-state index >= 15 is 0 Å². The van der Waals surface area contributed by atoms with Crippen LogP contribution in [0, 0.1) is 0 Å². The number of aliphatic hydroxyl groups is 1. The van der Waals surface area contributed by atoms with Crippen LogP contribution >= 0.6 is 0 Å². The summed E-state index contributed by atoms with van der Waals surface area (Å²) >= 11 is 0. The van der Waals surface area contributed by atoms with E-state index in [1.165, 1.54) is 0 Å². The third kappa shape index (κ3) is 2.63. The molecule has 5 heteroatoms. The zero-order valence-electron chi connectivity index (χ0n) is 10.3. The van der Waals surface area contributed by atoms with E-state index in [0.29, 0.717) is 6.61 Å². The lowest BCUT2D eigenvalue weighted by molar-refractivity contribution is -0.107. The van der Waals surface area contributed by atoms with Crippen LogP contribution in [-0.4, -0.2) is 44.5 Å². The molecule has 1 saturated heterocycles. The van der Waals surface area contributed by atoms with Crippen molar-refractivity contribution in [2.75, 3.05) is 31.8 Å². The monoisotopic (exact) mass is 251 g/mol. The lowest BCUT2D eigenvalue weighted by Crippen LogP contribution is -2.17. The highest BCUT2D eigenvalue weighted by Crippen LogP contribution is 2.34. The fourth-order valence-corrected chi connectivity index (χ4v) is 2.02. The molecule has 1 aromatic carbocycles. The number of rotatable bonds is 4. The van der Waals surface area contributed by atoms with Gasteiger partial charge >= 0.3 is 0 Å².